The average molecular weight is 359 g/mol. The molecule has 0 unspecified atom stereocenters. The van der Waals surface area contributed by atoms with Crippen molar-refractivity contribution in [2.75, 3.05) is 27.4 Å². The number of fused-ring (bicyclic) bond motifs is 1. The number of carbonyl (C=O) groups is 1. The first-order valence-corrected chi connectivity index (χ1v) is 8.33. The third kappa shape index (κ3) is 3.96. The fraction of sp³-hybridized carbons (Fsp3) is 0.389. The molecule has 2 heterocycles. The van der Waals surface area contributed by atoms with Crippen molar-refractivity contribution in [2.24, 2.45) is 0 Å². The lowest BCUT2D eigenvalue weighted by atomic mass is 10.1. The lowest BCUT2D eigenvalue weighted by Crippen LogP contribution is -2.24. The molecule has 0 bridgehead atoms. The van der Waals surface area contributed by atoms with Crippen molar-refractivity contribution in [1.29, 1.82) is 0 Å². The fourth-order valence-corrected chi connectivity index (χ4v) is 2.46. The maximum atomic E-state index is 12.3. The Hall–Kier alpha value is -3.03. The van der Waals surface area contributed by atoms with Gasteiger partial charge in [0.05, 0.1) is 13.7 Å². The number of hydrogen-bond donors (Lipinski definition) is 0. The summed E-state index contributed by atoms with van der Waals surface area (Å²) in [5, 5.41) is 3.82. The van der Waals surface area contributed by atoms with Crippen LogP contribution in [0.5, 0.6) is 17.2 Å². The Morgan fingerprint density at radius 3 is 2.88 bits per heavy atom. The maximum Gasteiger partial charge on any atom is 0.246 e. The number of hydrogen-bond acceptors (Lipinski definition) is 7. The van der Waals surface area contributed by atoms with E-state index < -0.39 is 0 Å². The molecule has 0 radical (unpaired) electrons. The molecule has 0 spiro atoms. The number of carbonyl (C=O) groups excluding carboxylic acids is 1. The van der Waals surface area contributed by atoms with Crippen LogP contribution in [0.3, 0.4) is 0 Å². The molecule has 0 atom stereocenters. The summed E-state index contributed by atoms with van der Waals surface area (Å²) in [5.74, 6) is 2.61. The van der Waals surface area contributed by atoms with Crippen LogP contribution in [-0.2, 0) is 17.8 Å². The van der Waals surface area contributed by atoms with E-state index in [4.69, 9.17) is 18.7 Å². The van der Waals surface area contributed by atoms with E-state index in [0.29, 0.717) is 48.6 Å². The normalized spacial score (nSPS) is 13.0. The summed E-state index contributed by atoms with van der Waals surface area (Å²) in [6, 6.07) is 3.61. The molecule has 26 heavy (non-hydrogen) atoms. The van der Waals surface area contributed by atoms with Crippen LogP contribution in [0.25, 0.3) is 6.08 Å². The Bertz CT molecular complexity index is 798. The molecule has 0 saturated heterocycles. The zero-order valence-corrected chi connectivity index (χ0v) is 15.0. The van der Waals surface area contributed by atoms with Gasteiger partial charge < -0.3 is 23.6 Å². The summed E-state index contributed by atoms with van der Waals surface area (Å²) in [5.41, 5.74) is 0.777. The van der Waals surface area contributed by atoms with Crippen LogP contribution in [-0.4, -0.2) is 48.3 Å². The van der Waals surface area contributed by atoms with Crippen molar-refractivity contribution in [2.45, 2.75) is 19.9 Å². The molecular formula is C18H21N3O5. The van der Waals surface area contributed by atoms with Crippen molar-refractivity contribution < 1.29 is 23.5 Å². The van der Waals surface area contributed by atoms with Crippen LogP contribution in [0.2, 0.25) is 0 Å². The number of amides is 1. The Morgan fingerprint density at radius 2 is 2.15 bits per heavy atom. The summed E-state index contributed by atoms with van der Waals surface area (Å²) < 4.78 is 21.6. The highest BCUT2D eigenvalue weighted by Gasteiger charge is 2.18. The van der Waals surface area contributed by atoms with E-state index >= 15 is 0 Å². The van der Waals surface area contributed by atoms with Crippen molar-refractivity contribution in [3.8, 4) is 17.2 Å². The number of likely N-dealkylation sites (N-methyl/N-ethyl adjacent to an activating group) is 1. The fourth-order valence-electron chi connectivity index (χ4n) is 2.46. The second-order valence-corrected chi connectivity index (χ2v) is 5.73. The third-order valence-corrected chi connectivity index (χ3v) is 3.84. The first-order valence-electron chi connectivity index (χ1n) is 8.33. The second-order valence-electron chi connectivity index (χ2n) is 5.73. The molecule has 1 amide bonds. The van der Waals surface area contributed by atoms with Gasteiger partial charge in [-0.15, -0.1) is 0 Å². The molecule has 1 aromatic heterocycles. The van der Waals surface area contributed by atoms with E-state index in [1.165, 1.54) is 11.0 Å². The highest BCUT2D eigenvalue weighted by molar-refractivity contribution is 5.91. The lowest BCUT2D eigenvalue weighted by Gasteiger charge is -2.21. The van der Waals surface area contributed by atoms with Crippen LogP contribution in [0.4, 0.5) is 0 Å². The quantitative estimate of drug-likeness (QED) is 0.730. The van der Waals surface area contributed by atoms with Gasteiger partial charge in [0, 0.05) is 19.5 Å². The topological polar surface area (TPSA) is 86.9 Å². The van der Waals surface area contributed by atoms with Crippen molar-refractivity contribution in [3.63, 3.8) is 0 Å². The molecule has 0 fully saturated rings. The molecule has 8 nitrogen and oxygen atoms in total. The van der Waals surface area contributed by atoms with Gasteiger partial charge in [-0.25, -0.2) is 0 Å². The van der Waals surface area contributed by atoms with E-state index in [0.717, 1.165) is 5.56 Å². The van der Waals surface area contributed by atoms with Gasteiger partial charge in [-0.1, -0.05) is 12.1 Å². The van der Waals surface area contributed by atoms with Gasteiger partial charge in [0.15, 0.2) is 17.3 Å². The Morgan fingerprint density at radius 1 is 1.35 bits per heavy atom. The summed E-state index contributed by atoms with van der Waals surface area (Å²) in [4.78, 5) is 18.0. The van der Waals surface area contributed by atoms with Gasteiger partial charge in [-0.3, -0.25) is 4.79 Å². The van der Waals surface area contributed by atoms with E-state index in [1.54, 1.807) is 26.3 Å². The molecule has 1 aromatic carbocycles. The summed E-state index contributed by atoms with van der Waals surface area (Å²) in [7, 11) is 3.24. The van der Waals surface area contributed by atoms with Crippen LogP contribution >= 0.6 is 0 Å². The standard InChI is InChI=1S/C18H21N3O5/c1-4-15-19-16(26-20-15)11-21(2)17(22)6-5-12-9-13(23-3)18-14(10-12)24-7-8-25-18/h5-6,9-10H,4,7-8,11H2,1-3H3/b6-5+. The lowest BCUT2D eigenvalue weighted by molar-refractivity contribution is -0.125. The van der Waals surface area contributed by atoms with Gasteiger partial charge in [-0.05, 0) is 23.8 Å². The largest absolute Gasteiger partial charge is 0.493 e. The number of rotatable bonds is 6. The number of benzene rings is 1. The second kappa shape index (κ2) is 7.90. The first kappa shape index (κ1) is 17.8. The minimum absolute atomic E-state index is 0.185. The number of aromatic nitrogens is 2. The molecule has 8 heteroatoms. The van der Waals surface area contributed by atoms with Crippen LogP contribution < -0.4 is 14.2 Å². The van der Waals surface area contributed by atoms with E-state index in [9.17, 15) is 4.79 Å². The molecule has 2 aromatic rings. The molecule has 0 aliphatic carbocycles. The number of ether oxygens (including phenoxy) is 3. The van der Waals surface area contributed by atoms with E-state index in [1.807, 2.05) is 13.0 Å². The minimum Gasteiger partial charge on any atom is -0.493 e. The Kier molecular flexibility index (Phi) is 5.40. The molecule has 0 N–H and O–H groups in total. The smallest absolute Gasteiger partial charge is 0.246 e. The summed E-state index contributed by atoms with van der Waals surface area (Å²) in [6.45, 7) is 3.15. The summed E-state index contributed by atoms with van der Waals surface area (Å²) in [6.07, 6.45) is 3.86. The van der Waals surface area contributed by atoms with Crippen molar-refractivity contribution in [3.05, 3.63) is 35.5 Å². The van der Waals surface area contributed by atoms with Gasteiger partial charge in [-0.2, -0.15) is 4.98 Å². The van der Waals surface area contributed by atoms with E-state index in [2.05, 4.69) is 10.1 Å². The third-order valence-electron chi connectivity index (χ3n) is 3.84. The highest BCUT2D eigenvalue weighted by Crippen LogP contribution is 2.40. The number of nitrogens with zero attached hydrogens (tertiary/aromatic N) is 3. The predicted octanol–water partition coefficient (Wildman–Crippen LogP) is 2.08. The Labute approximate surface area is 151 Å². The highest BCUT2D eigenvalue weighted by atomic mass is 16.6. The zero-order valence-electron chi connectivity index (χ0n) is 15.0. The SMILES string of the molecule is CCc1noc(CN(C)C(=O)/C=C/c2cc(OC)c3c(c2)OCCO3)n1. The van der Waals surface area contributed by atoms with Gasteiger partial charge in [0.25, 0.3) is 0 Å². The molecule has 1 aliphatic heterocycles. The molecule has 3 rings (SSSR count). The zero-order chi connectivity index (χ0) is 18.5. The predicted molar refractivity (Wildman–Crippen MR) is 93.2 cm³/mol. The molecular weight excluding hydrogens is 338 g/mol. The van der Waals surface area contributed by atoms with E-state index in [-0.39, 0.29) is 12.5 Å². The average Bonchev–Trinajstić information content (AvgIpc) is 3.12. The number of aryl methyl sites for hydroxylation is 1. The monoisotopic (exact) mass is 359 g/mol. The van der Waals surface area contributed by atoms with Gasteiger partial charge in [0.2, 0.25) is 17.5 Å². The van der Waals surface area contributed by atoms with Gasteiger partial charge in [0.1, 0.15) is 13.2 Å². The minimum atomic E-state index is -0.185. The van der Waals surface area contributed by atoms with Gasteiger partial charge >= 0.3 is 0 Å². The molecule has 138 valence electrons. The van der Waals surface area contributed by atoms with Crippen LogP contribution in [0.15, 0.2) is 22.7 Å². The van der Waals surface area contributed by atoms with Crippen molar-refractivity contribution >= 4 is 12.0 Å². The maximum absolute atomic E-state index is 12.3. The first-order chi connectivity index (χ1) is 12.6. The van der Waals surface area contributed by atoms with Crippen LogP contribution in [0.1, 0.15) is 24.2 Å². The number of methoxy groups -OCH3 is 1. The van der Waals surface area contributed by atoms with Crippen molar-refractivity contribution in [1.82, 2.24) is 15.0 Å². The molecule has 1 aliphatic rings. The molecule has 0 saturated carbocycles. The summed E-state index contributed by atoms with van der Waals surface area (Å²) >= 11 is 0. The Balaban J connectivity index is 1.69. The van der Waals surface area contributed by atoms with Crippen LogP contribution in [0, 0.1) is 0 Å².